The Kier molecular flexibility index (Phi) is 4.14. The monoisotopic (exact) mass is 276 g/mol. The number of nitrogens with one attached hydrogen (secondary N) is 1. The van der Waals surface area contributed by atoms with E-state index in [1.165, 1.54) is 13.2 Å². The van der Waals surface area contributed by atoms with E-state index < -0.39 is 5.82 Å². The molecular formula is C14H17FN4O. The number of aryl methyl sites for hydroxylation is 1. The molecule has 0 aliphatic rings. The summed E-state index contributed by atoms with van der Waals surface area (Å²) < 4.78 is 18.7. The van der Waals surface area contributed by atoms with Crippen molar-refractivity contribution in [1.82, 2.24) is 9.97 Å². The average molecular weight is 276 g/mol. The number of nitrogen functional groups attached to an aromatic ring is 1. The first-order valence-corrected chi connectivity index (χ1v) is 6.28. The molecule has 1 aromatic carbocycles. The van der Waals surface area contributed by atoms with E-state index in [-0.39, 0.29) is 5.75 Å². The zero-order chi connectivity index (χ0) is 14.7. The largest absolute Gasteiger partial charge is 0.494 e. The summed E-state index contributed by atoms with van der Waals surface area (Å²) in [7, 11) is 1.42. The number of halogens is 1. The van der Waals surface area contributed by atoms with Crippen LogP contribution < -0.4 is 16.0 Å². The van der Waals surface area contributed by atoms with Gasteiger partial charge in [-0.1, -0.05) is 6.92 Å². The van der Waals surface area contributed by atoms with Crippen LogP contribution in [0.1, 0.15) is 18.2 Å². The summed E-state index contributed by atoms with van der Waals surface area (Å²) in [5.74, 6) is 6.18. The summed E-state index contributed by atoms with van der Waals surface area (Å²) in [6.07, 6.45) is 0.745. The summed E-state index contributed by atoms with van der Waals surface area (Å²) in [6, 6.07) is 4.62. The lowest BCUT2D eigenvalue weighted by Crippen LogP contribution is -2.13. The van der Waals surface area contributed by atoms with Crippen LogP contribution in [0.4, 0.5) is 10.2 Å². The van der Waals surface area contributed by atoms with Crippen LogP contribution in [0.5, 0.6) is 5.75 Å². The maximum Gasteiger partial charge on any atom is 0.165 e. The van der Waals surface area contributed by atoms with Crippen molar-refractivity contribution in [2.75, 3.05) is 12.5 Å². The molecule has 20 heavy (non-hydrogen) atoms. The number of nitrogens with two attached hydrogens (primary N) is 1. The highest BCUT2D eigenvalue weighted by atomic mass is 19.1. The molecule has 0 amide bonds. The Morgan fingerprint density at radius 3 is 2.65 bits per heavy atom. The lowest BCUT2D eigenvalue weighted by Gasteiger charge is -2.11. The Hall–Kier alpha value is -2.21. The first kappa shape index (κ1) is 14.2. The van der Waals surface area contributed by atoms with E-state index in [9.17, 15) is 4.39 Å². The van der Waals surface area contributed by atoms with Gasteiger partial charge in [0.25, 0.3) is 0 Å². The van der Waals surface area contributed by atoms with Gasteiger partial charge in [-0.2, -0.15) is 0 Å². The van der Waals surface area contributed by atoms with Crippen molar-refractivity contribution >= 4 is 5.82 Å². The standard InChI is InChI=1S/C14H17FN4O/c1-4-11-8(2)13(19-16)18-14(17-11)9-5-6-12(20-3)10(15)7-9/h5-7H,4,16H2,1-3H3,(H,17,18,19). The normalized spacial score (nSPS) is 10.4. The number of rotatable bonds is 4. The molecule has 106 valence electrons. The topological polar surface area (TPSA) is 73.1 Å². The van der Waals surface area contributed by atoms with Crippen molar-refractivity contribution in [1.29, 1.82) is 0 Å². The van der Waals surface area contributed by atoms with Crippen LogP contribution >= 0.6 is 0 Å². The first-order chi connectivity index (χ1) is 9.60. The van der Waals surface area contributed by atoms with E-state index in [1.54, 1.807) is 12.1 Å². The Labute approximate surface area is 117 Å². The van der Waals surface area contributed by atoms with Crippen LogP contribution in [0.25, 0.3) is 11.4 Å². The van der Waals surface area contributed by atoms with Gasteiger partial charge < -0.3 is 10.2 Å². The summed E-state index contributed by atoms with van der Waals surface area (Å²) in [5, 5.41) is 0. The molecule has 0 bridgehead atoms. The van der Waals surface area contributed by atoms with Gasteiger partial charge in [0.1, 0.15) is 5.82 Å². The fourth-order valence-electron chi connectivity index (χ4n) is 1.98. The van der Waals surface area contributed by atoms with Crippen LogP contribution in [-0.4, -0.2) is 17.1 Å². The number of nitrogens with zero attached hydrogens (tertiary/aromatic N) is 2. The zero-order valence-electron chi connectivity index (χ0n) is 11.7. The molecular weight excluding hydrogens is 259 g/mol. The maximum atomic E-state index is 13.8. The van der Waals surface area contributed by atoms with E-state index in [1.807, 2.05) is 13.8 Å². The minimum Gasteiger partial charge on any atom is -0.494 e. The van der Waals surface area contributed by atoms with E-state index in [0.29, 0.717) is 17.2 Å². The third-order valence-electron chi connectivity index (χ3n) is 3.13. The lowest BCUT2D eigenvalue weighted by molar-refractivity contribution is 0.386. The molecule has 1 heterocycles. The van der Waals surface area contributed by atoms with Crippen molar-refractivity contribution in [3.05, 3.63) is 35.3 Å². The number of methoxy groups -OCH3 is 1. The molecule has 2 aromatic rings. The van der Waals surface area contributed by atoms with Gasteiger partial charge in [-0.05, 0) is 31.5 Å². The van der Waals surface area contributed by atoms with E-state index >= 15 is 0 Å². The van der Waals surface area contributed by atoms with Crippen LogP contribution in [0.15, 0.2) is 18.2 Å². The lowest BCUT2D eigenvalue weighted by atomic mass is 10.1. The molecule has 6 heteroatoms. The number of benzene rings is 1. The smallest absolute Gasteiger partial charge is 0.165 e. The SMILES string of the molecule is CCc1nc(-c2ccc(OC)c(F)c2)nc(NN)c1C. The Balaban J connectivity index is 2.54. The summed E-state index contributed by atoms with van der Waals surface area (Å²) >= 11 is 0. The number of hydrazine groups is 1. The highest BCUT2D eigenvalue weighted by molar-refractivity contribution is 5.60. The second-order valence-electron chi connectivity index (χ2n) is 4.31. The van der Waals surface area contributed by atoms with E-state index in [4.69, 9.17) is 10.6 Å². The molecule has 0 atom stereocenters. The van der Waals surface area contributed by atoms with Gasteiger partial charge in [0.2, 0.25) is 0 Å². The molecule has 0 unspecified atom stereocenters. The third kappa shape index (κ3) is 2.55. The van der Waals surface area contributed by atoms with Crippen LogP contribution in [0.3, 0.4) is 0 Å². The van der Waals surface area contributed by atoms with Crippen LogP contribution in [0, 0.1) is 12.7 Å². The quantitative estimate of drug-likeness (QED) is 0.663. The Bertz CT molecular complexity index is 606. The molecule has 0 radical (unpaired) electrons. The van der Waals surface area contributed by atoms with E-state index in [0.717, 1.165) is 17.7 Å². The van der Waals surface area contributed by atoms with Crippen molar-refractivity contribution in [3.8, 4) is 17.1 Å². The molecule has 1 aromatic heterocycles. The summed E-state index contributed by atoms with van der Waals surface area (Å²) in [5.41, 5.74) is 4.90. The van der Waals surface area contributed by atoms with Gasteiger partial charge >= 0.3 is 0 Å². The zero-order valence-corrected chi connectivity index (χ0v) is 11.7. The summed E-state index contributed by atoms with van der Waals surface area (Å²) in [6.45, 7) is 3.89. The maximum absolute atomic E-state index is 13.8. The van der Waals surface area contributed by atoms with Gasteiger partial charge in [-0.25, -0.2) is 20.2 Å². The van der Waals surface area contributed by atoms with Crippen LogP contribution in [0.2, 0.25) is 0 Å². The highest BCUT2D eigenvalue weighted by Crippen LogP contribution is 2.26. The molecule has 0 aliphatic carbocycles. The van der Waals surface area contributed by atoms with Gasteiger partial charge in [0, 0.05) is 16.8 Å². The van der Waals surface area contributed by atoms with Crippen molar-refractivity contribution in [2.45, 2.75) is 20.3 Å². The fourth-order valence-corrected chi connectivity index (χ4v) is 1.98. The van der Waals surface area contributed by atoms with Crippen molar-refractivity contribution < 1.29 is 9.13 Å². The second kappa shape index (κ2) is 5.83. The predicted octanol–water partition coefficient (Wildman–Crippen LogP) is 2.45. The second-order valence-corrected chi connectivity index (χ2v) is 4.31. The minimum atomic E-state index is -0.450. The van der Waals surface area contributed by atoms with Gasteiger partial charge in [-0.15, -0.1) is 0 Å². The first-order valence-electron chi connectivity index (χ1n) is 6.28. The van der Waals surface area contributed by atoms with Gasteiger partial charge in [-0.3, -0.25) is 0 Å². The Morgan fingerprint density at radius 2 is 2.10 bits per heavy atom. The molecule has 5 nitrogen and oxygen atoms in total. The number of ether oxygens (including phenoxy) is 1. The highest BCUT2D eigenvalue weighted by Gasteiger charge is 2.12. The third-order valence-corrected chi connectivity index (χ3v) is 3.13. The van der Waals surface area contributed by atoms with Gasteiger partial charge in [0.05, 0.1) is 7.11 Å². The summed E-state index contributed by atoms with van der Waals surface area (Å²) in [4.78, 5) is 8.76. The number of anilines is 1. The number of aromatic nitrogens is 2. The van der Waals surface area contributed by atoms with Crippen molar-refractivity contribution in [3.63, 3.8) is 0 Å². The number of hydrogen-bond acceptors (Lipinski definition) is 5. The fraction of sp³-hybridized carbons (Fsp3) is 0.286. The van der Waals surface area contributed by atoms with E-state index in [2.05, 4.69) is 15.4 Å². The molecule has 0 fully saturated rings. The molecule has 0 saturated heterocycles. The molecule has 0 saturated carbocycles. The predicted molar refractivity (Wildman–Crippen MR) is 75.9 cm³/mol. The molecule has 3 N–H and O–H groups in total. The minimum absolute atomic E-state index is 0.189. The number of hydrogen-bond donors (Lipinski definition) is 2. The Morgan fingerprint density at radius 1 is 1.35 bits per heavy atom. The molecule has 0 aliphatic heterocycles. The van der Waals surface area contributed by atoms with Crippen LogP contribution in [-0.2, 0) is 6.42 Å². The average Bonchev–Trinajstić information content (AvgIpc) is 2.47. The molecule has 2 rings (SSSR count). The molecule has 0 spiro atoms. The van der Waals surface area contributed by atoms with Crippen molar-refractivity contribution in [2.24, 2.45) is 5.84 Å². The van der Waals surface area contributed by atoms with Gasteiger partial charge in [0.15, 0.2) is 17.4 Å².